The molecule has 3 aromatic rings. The molecule has 7 N–H and O–H groups in total. The molecule has 170 valence electrons. The van der Waals surface area contributed by atoms with Gasteiger partial charge in [0.1, 0.15) is 41.1 Å². The number of benzene rings is 2. The number of ether oxygens (including phenoxy) is 2. The van der Waals surface area contributed by atoms with Gasteiger partial charge in [0.25, 0.3) is 0 Å². The number of phenols is 3. The highest BCUT2D eigenvalue weighted by molar-refractivity contribution is 5.89. The molecule has 4 rings (SSSR count). The van der Waals surface area contributed by atoms with Crippen molar-refractivity contribution < 1.29 is 49.6 Å². The van der Waals surface area contributed by atoms with Gasteiger partial charge in [-0.05, 0) is 36.4 Å². The Kier molecular flexibility index (Phi) is 5.67. The molecular formula is C21H20O11. The van der Waals surface area contributed by atoms with Crippen LogP contribution in [0.2, 0.25) is 0 Å². The maximum Gasteiger partial charge on any atom is 0.239 e. The third-order valence-corrected chi connectivity index (χ3v) is 5.18. The fourth-order valence-electron chi connectivity index (χ4n) is 3.43. The van der Waals surface area contributed by atoms with Crippen LogP contribution in [0, 0.1) is 0 Å². The van der Waals surface area contributed by atoms with E-state index in [4.69, 9.17) is 13.9 Å². The zero-order valence-corrected chi connectivity index (χ0v) is 16.3. The van der Waals surface area contributed by atoms with Crippen LogP contribution >= 0.6 is 0 Å². The van der Waals surface area contributed by atoms with Crippen LogP contribution in [-0.2, 0) is 4.74 Å². The highest BCUT2D eigenvalue weighted by Gasteiger charge is 2.45. The molecular weight excluding hydrogens is 428 g/mol. The van der Waals surface area contributed by atoms with Gasteiger partial charge in [-0.3, -0.25) is 4.79 Å². The smallest absolute Gasteiger partial charge is 0.239 e. The van der Waals surface area contributed by atoms with Crippen LogP contribution in [0.4, 0.5) is 0 Å². The lowest BCUT2D eigenvalue weighted by molar-refractivity contribution is -0.277. The molecule has 0 saturated carbocycles. The number of rotatable bonds is 4. The lowest BCUT2D eigenvalue weighted by Gasteiger charge is -2.39. The van der Waals surface area contributed by atoms with E-state index in [0.29, 0.717) is 0 Å². The molecule has 0 bridgehead atoms. The maximum atomic E-state index is 13.2. The first-order chi connectivity index (χ1) is 15.2. The minimum Gasteiger partial charge on any atom is -0.508 e. The highest BCUT2D eigenvalue weighted by atomic mass is 16.7. The van der Waals surface area contributed by atoms with Crippen molar-refractivity contribution in [3.63, 3.8) is 0 Å². The molecule has 0 spiro atoms. The van der Waals surface area contributed by atoms with Crippen molar-refractivity contribution in [3.05, 3.63) is 46.6 Å². The van der Waals surface area contributed by atoms with Gasteiger partial charge in [-0.1, -0.05) is 0 Å². The molecule has 11 nitrogen and oxygen atoms in total. The van der Waals surface area contributed by atoms with E-state index in [2.05, 4.69) is 0 Å². The predicted octanol–water partition coefficient (Wildman–Crippen LogP) is -0.244. The van der Waals surface area contributed by atoms with Gasteiger partial charge in [-0.2, -0.15) is 0 Å². The molecule has 1 aliphatic heterocycles. The summed E-state index contributed by atoms with van der Waals surface area (Å²) in [5.74, 6) is -2.11. The van der Waals surface area contributed by atoms with Crippen molar-refractivity contribution in [2.45, 2.75) is 30.7 Å². The zero-order valence-electron chi connectivity index (χ0n) is 16.3. The van der Waals surface area contributed by atoms with Crippen LogP contribution < -0.4 is 10.2 Å². The van der Waals surface area contributed by atoms with Crippen molar-refractivity contribution in [2.75, 3.05) is 6.61 Å². The van der Waals surface area contributed by atoms with Gasteiger partial charge >= 0.3 is 0 Å². The van der Waals surface area contributed by atoms with Gasteiger partial charge in [0, 0.05) is 5.56 Å². The van der Waals surface area contributed by atoms with Crippen LogP contribution in [0.1, 0.15) is 0 Å². The molecule has 32 heavy (non-hydrogen) atoms. The Morgan fingerprint density at radius 1 is 0.906 bits per heavy atom. The molecule has 0 aliphatic carbocycles. The van der Waals surface area contributed by atoms with E-state index in [9.17, 15) is 40.5 Å². The lowest BCUT2D eigenvalue weighted by atomic mass is 9.99. The summed E-state index contributed by atoms with van der Waals surface area (Å²) < 4.78 is 16.6. The van der Waals surface area contributed by atoms with E-state index < -0.39 is 65.4 Å². The largest absolute Gasteiger partial charge is 0.508 e. The van der Waals surface area contributed by atoms with E-state index in [1.807, 2.05) is 0 Å². The normalized spacial score (nSPS) is 25.7. The second-order valence-electron chi connectivity index (χ2n) is 7.26. The number of aliphatic hydroxyl groups excluding tert-OH is 4. The van der Waals surface area contributed by atoms with Gasteiger partial charge < -0.3 is 49.6 Å². The van der Waals surface area contributed by atoms with E-state index in [-0.39, 0.29) is 22.7 Å². The number of aliphatic hydroxyl groups is 4. The summed E-state index contributed by atoms with van der Waals surface area (Å²) in [6.45, 7) is -0.712. The average molecular weight is 448 g/mol. The Morgan fingerprint density at radius 2 is 1.59 bits per heavy atom. The van der Waals surface area contributed by atoms with Crippen molar-refractivity contribution in [3.8, 4) is 34.3 Å². The number of hydrogen-bond donors (Lipinski definition) is 7. The summed E-state index contributed by atoms with van der Waals surface area (Å²) in [5.41, 5.74) is -0.747. The van der Waals surface area contributed by atoms with Gasteiger partial charge in [0.2, 0.25) is 17.5 Å². The zero-order chi connectivity index (χ0) is 23.2. The Balaban J connectivity index is 1.89. The SMILES string of the molecule is O=c1c(O[C@H]2O[C@H](CO)[C@H](O)[C@H](O)[C@H]2O)c(-c2ccc(O)cc2)oc2ccc(O)c(O)c12. The summed E-state index contributed by atoms with van der Waals surface area (Å²) in [4.78, 5) is 13.2. The minimum atomic E-state index is -1.81. The number of phenolic OH excluding ortho intramolecular Hbond substituents is 3. The molecule has 1 fully saturated rings. The Bertz CT molecular complexity index is 1190. The monoisotopic (exact) mass is 448 g/mol. The topological polar surface area (TPSA) is 190 Å². The number of aromatic hydroxyl groups is 3. The second-order valence-corrected chi connectivity index (χ2v) is 7.26. The van der Waals surface area contributed by atoms with E-state index in [1.54, 1.807) is 0 Å². The van der Waals surface area contributed by atoms with Crippen LogP contribution in [0.25, 0.3) is 22.3 Å². The summed E-state index contributed by atoms with van der Waals surface area (Å²) >= 11 is 0. The quantitative estimate of drug-likeness (QED) is 0.261. The second kappa shape index (κ2) is 8.30. The Morgan fingerprint density at radius 3 is 2.25 bits per heavy atom. The summed E-state index contributed by atoms with van der Waals surface area (Å²) in [7, 11) is 0. The molecule has 5 atom stereocenters. The van der Waals surface area contributed by atoms with Gasteiger partial charge in [-0.25, -0.2) is 0 Å². The standard InChI is InChI=1S/C21H20O11/c22-7-12-15(26)17(28)18(29)21(31-12)32-20-16(27)13-11(6-5-10(24)14(13)25)30-19(20)8-1-3-9(23)4-2-8/h1-6,12,15,17-18,21-26,28-29H,7H2/t12-,15+,17+,18-,21-/m1/s1. The third-order valence-electron chi connectivity index (χ3n) is 5.18. The summed E-state index contributed by atoms with van der Waals surface area (Å²) in [6, 6.07) is 7.86. The maximum absolute atomic E-state index is 13.2. The fraction of sp³-hybridized carbons (Fsp3) is 0.286. The van der Waals surface area contributed by atoms with Crippen LogP contribution in [-0.4, -0.2) is 73.1 Å². The molecule has 11 heteroatoms. The molecule has 2 heterocycles. The van der Waals surface area contributed by atoms with E-state index in [0.717, 1.165) is 6.07 Å². The molecule has 1 aliphatic rings. The highest BCUT2D eigenvalue weighted by Crippen LogP contribution is 2.38. The first-order valence-electron chi connectivity index (χ1n) is 9.51. The van der Waals surface area contributed by atoms with Crippen molar-refractivity contribution in [2.24, 2.45) is 0 Å². The minimum absolute atomic E-state index is 0.0594. The fourth-order valence-corrected chi connectivity index (χ4v) is 3.43. The van der Waals surface area contributed by atoms with Crippen molar-refractivity contribution in [1.82, 2.24) is 0 Å². The average Bonchev–Trinajstić information content (AvgIpc) is 2.78. The first-order valence-corrected chi connectivity index (χ1v) is 9.51. The number of hydrogen-bond acceptors (Lipinski definition) is 11. The van der Waals surface area contributed by atoms with Gasteiger partial charge in [0.05, 0.1) is 6.61 Å². The summed E-state index contributed by atoms with van der Waals surface area (Å²) in [5, 5.41) is 68.7. The number of fused-ring (bicyclic) bond motifs is 1. The Hall–Kier alpha value is -3.35. The van der Waals surface area contributed by atoms with Crippen molar-refractivity contribution in [1.29, 1.82) is 0 Å². The van der Waals surface area contributed by atoms with Gasteiger partial charge in [0.15, 0.2) is 17.3 Å². The van der Waals surface area contributed by atoms with E-state index in [1.165, 1.54) is 30.3 Å². The lowest BCUT2D eigenvalue weighted by Crippen LogP contribution is -2.60. The molecule has 0 unspecified atom stereocenters. The first kappa shape index (κ1) is 21.9. The van der Waals surface area contributed by atoms with Crippen LogP contribution in [0.15, 0.2) is 45.6 Å². The van der Waals surface area contributed by atoms with Crippen molar-refractivity contribution >= 4 is 11.0 Å². The van der Waals surface area contributed by atoms with Crippen LogP contribution in [0.5, 0.6) is 23.0 Å². The van der Waals surface area contributed by atoms with Gasteiger partial charge in [-0.15, -0.1) is 0 Å². The molecule has 0 amide bonds. The third kappa shape index (κ3) is 3.61. The van der Waals surface area contributed by atoms with Crippen LogP contribution in [0.3, 0.4) is 0 Å². The molecule has 1 aromatic heterocycles. The Labute approximate surface area is 179 Å². The summed E-state index contributed by atoms with van der Waals surface area (Å²) in [6.07, 6.45) is -8.21. The molecule has 0 radical (unpaired) electrons. The predicted molar refractivity (Wildman–Crippen MR) is 107 cm³/mol. The molecule has 1 saturated heterocycles. The van der Waals surface area contributed by atoms with E-state index >= 15 is 0 Å². The molecule has 2 aromatic carbocycles.